The molecule has 0 rings (SSSR count). The Labute approximate surface area is 148 Å². The van der Waals surface area contributed by atoms with Gasteiger partial charge in [-0.1, -0.05) is 60.1 Å². The summed E-state index contributed by atoms with van der Waals surface area (Å²) in [5.74, 6) is 0. The van der Waals surface area contributed by atoms with Crippen LogP contribution < -0.4 is 0 Å². The van der Waals surface area contributed by atoms with E-state index in [2.05, 4.69) is 39.8 Å². The van der Waals surface area contributed by atoms with E-state index in [0.29, 0.717) is 0 Å². The minimum Gasteiger partial charge on any atom is -0.358 e. The van der Waals surface area contributed by atoms with E-state index in [1.807, 2.05) is 13.8 Å². The Bertz CT molecular complexity index is 61.8. The molecule has 16 heavy (non-hydrogen) atoms. The van der Waals surface area contributed by atoms with Gasteiger partial charge in [0.2, 0.25) is 0 Å². The Morgan fingerprint density at radius 1 is 1.06 bits per heavy atom. The van der Waals surface area contributed by atoms with E-state index in [4.69, 9.17) is 0 Å². The van der Waals surface area contributed by atoms with Crippen molar-refractivity contribution < 1.29 is 46.9 Å². The van der Waals surface area contributed by atoms with Crippen molar-refractivity contribution in [1.82, 2.24) is 0 Å². The fourth-order valence-corrected chi connectivity index (χ4v) is 0.333. The standard InChI is InChI=1S/C6H12.C4H9.C2H6.CH4.CH3.B.Yb/c1-3-5-6-4-2;1-3-4-2;1-2;;;;/h3,5H,4,6H2,1-2H3;1,3-4H2,2H3;1-2H3;1H4;1H3;;/q;-1;;;-1;;+2. The maximum atomic E-state index is 3.60. The van der Waals surface area contributed by atoms with Crippen LogP contribution in [-0.4, -0.2) is 8.41 Å². The Morgan fingerprint density at radius 3 is 1.44 bits per heavy atom. The number of hydrogen-bond donors (Lipinski definition) is 0. The molecule has 0 saturated carbocycles. The zero-order chi connectivity index (χ0) is 10.2. The van der Waals surface area contributed by atoms with Crippen molar-refractivity contribution in [3.8, 4) is 0 Å². The van der Waals surface area contributed by atoms with E-state index in [0.717, 1.165) is 6.42 Å². The van der Waals surface area contributed by atoms with Crippen molar-refractivity contribution in [1.29, 1.82) is 0 Å². The fourth-order valence-electron chi connectivity index (χ4n) is 0.333. The molecule has 0 aromatic heterocycles. The first kappa shape index (κ1) is 43.3. The largest absolute Gasteiger partial charge is 2.00 e. The molecule has 0 saturated heterocycles. The summed E-state index contributed by atoms with van der Waals surface area (Å²) in [7, 11) is 0. The van der Waals surface area contributed by atoms with E-state index < -0.39 is 0 Å². The topological polar surface area (TPSA) is 0 Å². The summed E-state index contributed by atoms with van der Waals surface area (Å²) in [5, 5.41) is 0. The molecule has 0 atom stereocenters. The first-order valence-electron chi connectivity index (χ1n) is 5.23. The number of unbranched alkanes of at least 4 members (excludes halogenated alkanes) is 2. The van der Waals surface area contributed by atoms with Gasteiger partial charge in [-0.2, -0.15) is 6.42 Å². The summed E-state index contributed by atoms with van der Waals surface area (Å²) in [4.78, 5) is 0. The maximum absolute atomic E-state index is 3.60. The number of hydrogen-bond acceptors (Lipinski definition) is 0. The van der Waals surface area contributed by atoms with Gasteiger partial charge in [0, 0.05) is 8.41 Å². The summed E-state index contributed by atoms with van der Waals surface area (Å²) < 4.78 is 0. The van der Waals surface area contributed by atoms with E-state index >= 15 is 0 Å². The molecule has 0 fully saturated rings. The van der Waals surface area contributed by atoms with Crippen LogP contribution in [0.4, 0.5) is 0 Å². The Kier molecular flexibility index (Phi) is 193. The second-order valence-corrected chi connectivity index (χ2v) is 2.21. The molecule has 0 aliphatic rings. The summed E-state index contributed by atoms with van der Waals surface area (Å²) in [6.07, 6.45) is 9.05. The molecule has 107 valence electrons. The van der Waals surface area contributed by atoms with Crippen molar-refractivity contribution in [3.05, 3.63) is 26.5 Å². The third-order valence-corrected chi connectivity index (χ3v) is 1.04. The molecule has 0 aromatic rings. The van der Waals surface area contributed by atoms with Crippen LogP contribution in [0.2, 0.25) is 0 Å². The molecule has 0 nitrogen and oxygen atoms in total. The van der Waals surface area contributed by atoms with Gasteiger partial charge in [-0.3, -0.25) is 0 Å². The van der Waals surface area contributed by atoms with Gasteiger partial charge in [-0.25, -0.2) is 0 Å². The molecular weight excluding hydrogens is 352 g/mol. The minimum atomic E-state index is 0. The van der Waals surface area contributed by atoms with Crippen LogP contribution in [-0.2, 0) is 0 Å². The Balaban J connectivity index is -0.0000000148. The molecule has 0 aliphatic carbocycles. The average Bonchev–Trinajstić information content (AvgIpc) is 2.18. The SMILES string of the molecule is C.CC.CC=CCCC.[B].[CH2-]CCC.[CH3-].[Yb+2]. The zero-order valence-electron chi connectivity index (χ0n) is 11.5. The normalized spacial score (nSPS) is 6.12. The second-order valence-electron chi connectivity index (χ2n) is 2.21. The molecule has 3 radical (unpaired) electrons. The quantitative estimate of drug-likeness (QED) is 0.331. The van der Waals surface area contributed by atoms with Crippen LogP contribution >= 0.6 is 0 Å². The molecule has 0 unspecified atom stereocenters. The monoisotopic (exact) mass is 387 g/mol. The van der Waals surface area contributed by atoms with Gasteiger partial charge >= 0.3 is 46.9 Å². The van der Waals surface area contributed by atoms with Crippen LogP contribution in [0.5, 0.6) is 0 Å². The van der Waals surface area contributed by atoms with Crippen molar-refractivity contribution >= 4 is 8.41 Å². The molecular formula is C14H34BYb. The fraction of sp³-hybridized carbons (Fsp3) is 0.714. The van der Waals surface area contributed by atoms with Crippen molar-refractivity contribution in [2.24, 2.45) is 0 Å². The zero-order valence-corrected chi connectivity index (χ0v) is 13.2. The minimum absolute atomic E-state index is 0. The van der Waals surface area contributed by atoms with Crippen molar-refractivity contribution in [2.45, 2.75) is 67.7 Å². The molecule has 0 bridgehead atoms. The molecule has 0 aromatic carbocycles. The Morgan fingerprint density at radius 2 is 1.38 bits per heavy atom. The van der Waals surface area contributed by atoms with E-state index in [9.17, 15) is 0 Å². The molecule has 0 amide bonds. The Hall–Kier alpha value is 1.32. The maximum Gasteiger partial charge on any atom is 2.00 e. The van der Waals surface area contributed by atoms with Crippen LogP contribution in [0, 0.1) is 61.3 Å². The van der Waals surface area contributed by atoms with Gasteiger partial charge in [-0.15, -0.1) is 0 Å². The summed E-state index contributed by atoms with van der Waals surface area (Å²) in [5.41, 5.74) is 0. The average molecular weight is 386 g/mol. The molecule has 0 spiro atoms. The van der Waals surface area contributed by atoms with Gasteiger partial charge in [0.25, 0.3) is 0 Å². The van der Waals surface area contributed by atoms with Gasteiger partial charge in [-0.05, 0) is 13.3 Å². The second kappa shape index (κ2) is 71.5. The molecule has 0 N–H and O–H groups in total. The van der Waals surface area contributed by atoms with E-state index in [1.54, 1.807) is 0 Å². The van der Waals surface area contributed by atoms with Gasteiger partial charge in [0.15, 0.2) is 0 Å². The van der Waals surface area contributed by atoms with Gasteiger partial charge < -0.3 is 14.4 Å². The predicted octanol–water partition coefficient (Wildman–Crippen LogP) is 5.71. The van der Waals surface area contributed by atoms with Gasteiger partial charge in [0.05, 0.1) is 0 Å². The third kappa shape index (κ3) is 111. The van der Waals surface area contributed by atoms with Gasteiger partial charge in [0.1, 0.15) is 0 Å². The third-order valence-electron chi connectivity index (χ3n) is 1.04. The van der Waals surface area contributed by atoms with Crippen LogP contribution in [0.25, 0.3) is 0 Å². The first-order chi connectivity index (χ1) is 5.83. The number of rotatable bonds is 3. The molecule has 0 aliphatic heterocycles. The van der Waals surface area contributed by atoms with Crippen molar-refractivity contribution in [2.75, 3.05) is 0 Å². The summed E-state index contributed by atoms with van der Waals surface area (Å²) in [6.45, 7) is 14.0. The van der Waals surface area contributed by atoms with Crippen LogP contribution in [0.1, 0.15) is 67.7 Å². The smallest absolute Gasteiger partial charge is 0.358 e. The van der Waals surface area contributed by atoms with E-state index in [-0.39, 0.29) is 70.2 Å². The van der Waals surface area contributed by atoms with Crippen LogP contribution in [0.3, 0.4) is 0 Å². The van der Waals surface area contributed by atoms with Crippen molar-refractivity contribution in [3.63, 3.8) is 0 Å². The summed E-state index contributed by atoms with van der Waals surface area (Å²) in [6, 6.07) is 0. The first-order valence-corrected chi connectivity index (χ1v) is 5.23. The van der Waals surface area contributed by atoms with E-state index in [1.165, 1.54) is 19.3 Å². The number of allylic oxidation sites excluding steroid dienone is 2. The predicted molar refractivity (Wildman–Crippen MR) is 80.2 cm³/mol. The molecule has 0 heterocycles. The molecule has 2 heteroatoms. The van der Waals surface area contributed by atoms with Crippen LogP contribution in [0.15, 0.2) is 12.2 Å². The summed E-state index contributed by atoms with van der Waals surface area (Å²) >= 11 is 0.